The van der Waals surface area contributed by atoms with E-state index in [1.54, 1.807) is 30.3 Å². The Bertz CT molecular complexity index is 1490. The standard InChI is InChI=1S/C30H41FN5O9P/c1-20(2)16-22-28(38)42-15-11-6-4-3-5-10-14-41-27-24-26(32-18-33-27)36(19-34-24)29-30(31,39)25(37)23(44-29)17-43-46(40,35-22)45-21-12-8-7-9-13-21/h7-9,12-13,18-20,22-23,25,29,37,39H,3-6,10-11,14-17H2,1-2H3,(H,35,40)/t22-,23-,25-,29-,30-,46?/m1/s1. The summed E-state index contributed by atoms with van der Waals surface area (Å²) in [5.41, 5.74) is 0.327. The first kappa shape index (κ1) is 34.1. The maximum atomic E-state index is 15.8. The SMILES string of the molecule is CC(C)C[C@H]1NP(=O)(Oc2ccccc2)OC[C@H]2O[C@@H](n3cnc4c(ncnc43)OCCCCCCCCOC1=O)[C@@](O)(F)[C@@H]2O. The van der Waals surface area contributed by atoms with Gasteiger partial charge in [-0.3, -0.25) is 13.9 Å². The van der Waals surface area contributed by atoms with Crippen molar-refractivity contribution in [2.24, 2.45) is 5.92 Å². The van der Waals surface area contributed by atoms with Gasteiger partial charge in [-0.1, -0.05) is 57.7 Å². The third kappa shape index (κ3) is 8.20. The van der Waals surface area contributed by atoms with Crippen LogP contribution in [-0.4, -0.2) is 79.6 Å². The van der Waals surface area contributed by atoms with Crippen LogP contribution in [0.4, 0.5) is 4.39 Å². The fourth-order valence-electron chi connectivity index (χ4n) is 5.34. The van der Waals surface area contributed by atoms with Gasteiger partial charge in [0.05, 0.1) is 26.1 Å². The van der Waals surface area contributed by atoms with Crippen LogP contribution in [0.3, 0.4) is 0 Å². The fraction of sp³-hybridized carbons (Fsp3) is 0.600. The topological polar surface area (TPSA) is 176 Å². The summed E-state index contributed by atoms with van der Waals surface area (Å²) in [6.45, 7) is 3.66. The summed E-state index contributed by atoms with van der Waals surface area (Å²) in [5, 5.41) is 24.3. The molecule has 4 heterocycles. The van der Waals surface area contributed by atoms with Crippen molar-refractivity contribution in [1.82, 2.24) is 24.6 Å². The maximum Gasteiger partial charge on any atom is 0.459 e. The molecule has 0 aliphatic carbocycles. The van der Waals surface area contributed by atoms with Crippen LogP contribution in [0.15, 0.2) is 43.0 Å². The average Bonchev–Trinajstić information content (AvgIpc) is 3.54. The molecule has 1 unspecified atom stereocenters. The molecule has 2 aliphatic heterocycles. The number of carbonyl (C=O) groups is 1. The van der Waals surface area contributed by atoms with Crippen LogP contribution in [0, 0.1) is 5.92 Å². The monoisotopic (exact) mass is 665 g/mol. The third-order valence-corrected chi connectivity index (χ3v) is 9.27. The first-order valence-electron chi connectivity index (χ1n) is 15.6. The largest absolute Gasteiger partial charge is 0.476 e. The normalized spacial score (nSPS) is 30.6. The number of imidazole rings is 1. The molecule has 2 aliphatic rings. The van der Waals surface area contributed by atoms with Crippen LogP contribution >= 0.6 is 7.75 Å². The molecule has 3 N–H and O–H groups in total. The predicted molar refractivity (Wildman–Crippen MR) is 162 cm³/mol. The summed E-state index contributed by atoms with van der Waals surface area (Å²) >= 11 is 0. The predicted octanol–water partition coefficient (Wildman–Crippen LogP) is 4.23. The summed E-state index contributed by atoms with van der Waals surface area (Å²) < 4.78 is 59.7. The minimum atomic E-state index is -4.41. The lowest BCUT2D eigenvalue weighted by Gasteiger charge is -2.26. The van der Waals surface area contributed by atoms with Crippen molar-refractivity contribution in [2.45, 2.75) is 89.1 Å². The molecule has 6 bridgehead atoms. The van der Waals surface area contributed by atoms with Gasteiger partial charge in [0.25, 0.3) is 5.85 Å². The molecule has 6 atom stereocenters. The van der Waals surface area contributed by atoms with Gasteiger partial charge in [0.1, 0.15) is 30.3 Å². The number of para-hydroxylation sites is 1. The van der Waals surface area contributed by atoms with Gasteiger partial charge < -0.3 is 28.9 Å². The van der Waals surface area contributed by atoms with Gasteiger partial charge in [-0.2, -0.15) is 10.1 Å². The zero-order valence-electron chi connectivity index (χ0n) is 25.9. The molecule has 252 valence electrons. The van der Waals surface area contributed by atoms with Gasteiger partial charge in [0.15, 0.2) is 17.4 Å². The van der Waals surface area contributed by atoms with Crippen molar-refractivity contribution in [1.29, 1.82) is 0 Å². The number of esters is 1. The molecule has 0 radical (unpaired) electrons. The zero-order valence-corrected chi connectivity index (χ0v) is 26.8. The van der Waals surface area contributed by atoms with Crippen LogP contribution in [-0.2, 0) is 23.4 Å². The number of alkyl halides is 1. The Hall–Kier alpha value is -3.20. The minimum Gasteiger partial charge on any atom is -0.476 e. The Balaban J connectivity index is 1.44. The van der Waals surface area contributed by atoms with E-state index in [1.807, 2.05) is 13.8 Å². The molecule has 1 aromatic carbocycles. The van der Waals surface area contributed by atoms with Crippen molar-refractivity contribution in [3.63, 3.8) is 0 Å². The van der Waals surface area contributed by atoms with Gasteiger partial charge in [-0.05, 0) is 37.3 Å². The highest BCUT2D eigenvalue weighted by Crippen LogP contribution is 2.48. The second-order valence-electron chi connectivity index (χ2n) is 11.8. The molecule has 0 saturated carbocycles. The number of carbonyl (C=O) groups excluding carboxylic acids is 1. The smallest absolute Gasteiger partial charge is 0.459 e. The highest BCUT2D eigenvalue weighted by molar-refractivity contribution is 7.52. The Kier molecular flexibility index (Phi) is 11.2. The molecule has 46 heavy (non-hydrogen) atoms. The van der Waals surface area contributed by atoms with Crippen LogP contribution in [0.25, 0.3) is 11.2 Å². The number of hydrogen-bond acceptors (Lipinski definition) is 12. The molecule has 0 amide bonds. The molecule has 5 rings (SSSR count). The number of hydrogen-bond donors (Lipinski definition) is 3. The minimum absolute atomic E-state index is 0.00142. The number of halogens is 1. The molecule has 2 aromatic heterocycles. The maximum absolute atomic E-state index is 15.8. The Morgan fingerprint density at radius 3 is 2.50 bits per heavy atom. The Morgan fingerprint density at radius 2 is 1.78 bits per heavy atom. The van der Waals surface area contributed by atoms with Gasteiger partial charge in [-0.25, -0.2) is 18.9 Å². The van der Waals surface area contributed by atoms with Gasteiger partial charge >= 0.3 is 13.7 Å². The fourth-order valence-corrected chi connectivity index (χ4v) is 6.85. The summed E-state index contributed by atoms with van der Waals surface area (Å²) in [6, 6.07) is 7.08. The number of benzene rings is 1. The van der Waals surface area contributed by atoms with Crippen LogP contribution in [0.2, 0.25) is 0 Å². The van der Waals surface area contributed by atoms with E-state index in [4.69, 9.17) is 23.3 Å². The molecular weight excluding hydrogens is 624 g/mol. The highest BCUT2D eigenvalue weighted by Gasteiger charge is 2.58. The van der Waals surface area contributed by atoms with E-state index in [-0.39, 0.29) is 41.7 Å². The van der Waals surface area contributed by atoms with Gasteiger partial charge in [-0.15, -0.1) is 0 Å². The number of cyclic esters (lactones) is 1. The summed E-state index contributed by atoms with van der Waals surface area (Å²) in [7, 11) is -4.41. The van der Waals surface area contributed by atoms with Crippen LogP contribution in [0.5, 0.6) is 11.6 Å². The number of rotatable bonds is 4. The van der Waals surface area contributed by atoms with Crippen molar-refractivity contribution < 1.29 is 47.2 Å². The van der Waals surface area contributed by atoms with Crippen LogP contribution in [0.1, 0.15) is 65.0 Å². The number of fused-ring (bicyclic) bond motifs is 3. The molecule has 3 aromatic rings. The summed E-state index contributed by atoms with van der Waals surface area (Å²) in [6.07, 6.45) is 2.30. The number of nitrogens with one attached hydrogen (secondary N) is 1. The molecule has 0 spiro atoms. The van der Waals surface area contributed by atoms with Gasteiger partial charge in [0.2, 0.25) is 5.88 Å². The molecule has 1 fully saturated rings. The third-order valence-electron chi connectivity index (χ3n) is 7.70. The lowest BCUT2D eigenvalue weighted by molar-refractivity contribution is -0.195. The summed E-state index contributed by atoms with van der Waals surface area (Å²) in [5.74, 6) is -3.60. The van der Waals surface area contributed by atoms with E-state index in [1.165, 1.54) is 12.7 Å². The molecule has 16 heteroatoms. The first-order chi connectivity index (χ1) is 22.1. The van der Waals surface area contributed by atoms with E-state index in [2.05, 4.69) is 20.0 Å². The van der Waals surface area contributed by atoms with Crippen LogP contribution < -0.4 is 14.3 Å². The van der Waals surface area contributed by atoms with Gasteiger partial charge in [0, 0.05) is 0 Å². The van der Waals surface area contributed by atoms with E-state index < -0.39 is 50.7 Å². The second-order valence-corrected chi connectivity index (χ2v) is 13.5. The van der Waals surface area contributed by atoms with Crippen molar-refractivity contribution >= 4 is 24.9 Å². The lowest BCUT2D eigenvalue weighted by Crippen LogP contribution is -2.43. The average molecular weight is 666 g/mol. The molecule has 1 saturated heterocycles. The van der Waals surface area contributed by atoms with Crippen molar-refractivity contribution in [3.8, 4) is 11.6 Å². The van der Waals surface area contributed by atoms with Crippen molar-refractivity contribution in [3.05, 3.63) is 43.0 Å². The zero-order chi connectivity index (χ0) is 32.7. The number of aliphatic hydroxyl groups excluding tert-OH is 1. The second kappa shape index (κ2) is 15.1. The number of ether oxygens (including phenoxy) is 3. The van der Waals surface area contributed by atoms with E-state index in [0.717, 1.165) is 36.7 Å². The van der Waals surface area contributed by atoms with E-state index in [0.29, 0.717) is 13.0 Å². The molecule has 14 nitrogen and oxygen atoms in total. The lowest BCUT2D eigenvalue weighted by atomic mass is 10.1. The summed E-state index contributed by atoms with van der Waals surface area (Å²) in [4.78, 5) is 25.7. The Morgan fingerprint density at radius 1 is 1.09 bits per heavy atom. The van der Waals surface area contributed by atoms with E-state index in [9.17, 15) is 19.6 Å². The number of aliphatic hydroxyl groups is 2. The number of aromatic nitrogens is 4. The highest BCUT2D eigenvalue weighted by atomic mass is 31.2. The van der Waals surface area contributed by atoms with Crippen molar-refractivity contribution in [2.75, 3.05) is 19.8 Å². The molecular formula is C30H41FN5O9P. The Labute approximate surface area is 266 Å². The first-order valence-corrected chi connectivity index (χ1v) is 17.1. The number of nitrogens with zero attached hydrogens (tertiary/aromatic N) is 4. The van der Waals surface area contributed by atoms with E-state index >= 15 is 4.39 Å². The quantitative estimate of drug-likeness (QED) is 0.267.